The minimum absolute atomic E-state index is 0.0687. The number of rotatable bonds is 18. The first-order valence-electron chi connectivity index (χ1n) is 16.7. The lowest BCUT2D eigenvalue weighted by atomic mass is 9.91. The molecule has 3 rings (SSSR count). The lowest BCUT2D eigenvalue weighted by molar-refractivity contribution is -0.0604. The molecule has 0 saturated carbocycles. The van der Waals surface area contributed by atoms with E-state index in [1.54, 1.807) is 12.1 Å². The van der Waals surface area contributed by atoms with Crippen molar-refractivity contribution < 1.29 is 23.6 Å². The molecular formula is C38H52FNO4. The number of hydroxylamine groups is 2. The first-order valence-corrected chi connectivity index (χ1v) is 16.7. The molecule has 1 aliphatic rings. The molecule has 5 nitrogen and oxygen atoms in total. The first kappa shape index (κ1) is 35.1. The van der Waals surface area contributed by atoms with Crippen LogP contribution in [0.4, 0.5) is 4.39 Å². The summed E-state index contributed by atoms with van der Waals surface area (Å²) < 4.78 is 18.7. The number of benzene rings is 2. The topological polar surface area (TPSA) is 55.8 Å². The normalized spacial score (nSPS) is 13.5. The molecule has 0 aromatic heterocycles. The van der Waals surface area contributed by atoms with Crippen molar-refractivity contribution in [2.24, 2.45) is 0 Å². The quantitative estimate of drug-likeness (QED) is 0.125. The van der Waals surface area contributed by atoms with E-state index in [2.05, 4.69) is 19.9 Å². The summed E-state index contributed by atoms with van der Waals surface area (Å²) in [7, 11) is 1.36. The summed E-state index contributed by atoms with van der Waals surface area (Å²) in [5.41, 5.74) is 4.90. The summed E-state index contributed by atoms with van der Waals surface area (Å²) >= 11 is 0. The van der Waals surface area contributed by atoms with Crippen LogP contribution in [0.1, 0.15) is 148 Å². The predicted molar refractivity (Wildman–Crippen MR) is 176 cm³/mol. The molecule has 240 valence electrons. The van der Waals surface area contributed by atoms with Crippen molar-refractivity contribution >= 4 is 11.9 Å². The van der Waals surface area contributed by atoms with Crippen LogP contribution >= 0.6 is 0 Å². The number of methoxy groups -OCH3 is 1. The van der Waals surface area contributed by atoms with Crippen molar-refractivity contribution in [3.63, 3.8) is 0 Å². The van der Waals surface area contributed by atoms with Crippen molar-refractivity contribution in [3.8, 4) is 0 Å². The average Bonchev–Trinajstić information content (AvgIpc) is 3.01. The summed E-state index contributed by atoms with van der Waals surface area (Å²) in [6.07, 6.45) is 19.5. The number of unbranched alkanes of at least 4 members (excludes halogenated alkanes) is 10. The van der Waals surface area contributed by atoms with Gasteiger partial charge in [-0.15, -0.1) is 0 Å². The number of hydrogen-bond acceptors (Lipinski definition) is 5. The molecule has 0 atom stereocenters. The van der Waals surface area contributed by atoms with Crippen LogP contribution in [0.25, 0.3) is 0 Å². The standard InChI is InChI=1S/C38H52FNO4/c1-6-8-10-12-14-16-18-30-26-32(19-17-15-13-11-9-7-2)36(38(42)43-5)35(27-30)37(41)44-40-28(3)24-33(25-29(40)4)31-20-22-34(39)23-21-31/h20-27,33H,6-19H2,1-5H3. The summed E-state index contributed by atoms with van der Waals surface area (Å²) in [6, 6.07) is 10.4. The van der Waals surface area contributed by atoms with E-state index in [9.17, 15) is 14.0 Å². The molecule has 0 saturated heterocycles. The van der Waals surface area contributed by atoms with Crippen LogP contribution in [-0.4, -0.2) is 24.1 Å². The summed E-state index contributed by atoms with van der Waals surface area (Å²) in [4.78, 5) is 33.0. The molecule has 1 heterocycles. The van der Waals surface area contributed by atoms with E-state index >= 15 is 0 Å². The lowest BCUT2D eigenvalue weighted by Crippen LogP contribution is -2.28. The first-order chi connectivity index (χ1) is 21.3. The SMILES string of the molecule is CCCCCCCCc1cc(CCCCCCCC)c(C(=O)OC)c(C(=O)ON2C(C)=CC(c3ccc(F)cc3)C=C2C)c1. The number of nitrogens with zero attached hydrogens (tertiary/aromatic N) is 1. The zero-order valence-electron chi connectivity index (χ0n) is 27.6. The third-order valence-corrected chi connectivity index (χ3v) is 8.42. The second kappa shape index (κ2) is 18.4. The third kappa shape index (κ3) is 10.3. The van der Waals surface area contributed by atoms with Gasteiger partial charge in [0.05, 0.1) is 29.6 Å². The zero-order valence-corrected chi connectivity index (χ0v) is 27.6. The number of carbonyl (C=O) groups is 2. The molecule has 0 amide bonds. The van der Waals surface area contributed by atoms with Gasteiger partial charge in [0.1, 0.15) is 5.82 Å². The van der Waals surface area contributed by atoms with Crippen molar-refractivity contribution in [2.75, 3.05) is 7.11 Å². The van der Waals surface area contributed by atoms with E-state index in [4.69, 9.17) is 9.57 Å². The fourth-order valence-corrected chi connectivity index (χ4v) is 5.95. The van der Waals surface area contributed by atoms with Gasteiger partial charge >= 0.3 is 11.9 Å². The molecule has 2 aromatic rings. The van der Waals surface area contributed by atoms with Crippen LogP contribution in [-0.2, 0) is 22.4 Å². The van der Waals surface area contributed by atoms with E-state index in [1.807, 2.05) is 32.1 Å². The number of carbonyl (C=O) groups excluding carboxylic acids is 2. The van der Waals surface area contributed by atoms with Crippen LogP contribution in [0.15, 0.2) is 59.9 Å². The Morgan fingerprint density at radius 3 is 1.86 bits per heavy atom. The van der Waals surface area contributed by atoms with Gasteiger partial charge in [0.15, 0.2) is 0 Å². The third-order valence-electron chi connectivity index (χ3n) is 8.42. The van der Waals surface area contributed by atoms with Crippen LogP contribution < -0.4 is 0 Å². The maximum absolute atomic E-state index is 13.9. The molecule has 44 heavy (non-hydrogen) atoms. The number of halogens is 1. The number of aryl methyl sites for hydroxylation is 2. The fraction of sp³-hybridized carbons (Fsp3) is 0.526. The Morgan fingerprint density at radius 1 is 0.750 bits per heavy atom. The minimum Gasteiger partial charge on any atom is -0.465 e. The average molecular weight is 606 g/mol. The highest BCUT2D eigenvalue weighted by molar-refractivity contribution is 6.04. The van der Waals surface area contributed by atoms with Crippen LogP contribution in [0, 0.1) is 5.82 Å². The van der Waals surface area contributed by atoms with E-state index in [0.717, 1.165) is 60.2 Å². The Balaban J connectivity index is 1.86. The maximum atomic E-state index is 13.9. The van der Waals surface area contributed by atoms with Gasteiger partial charge in [-0.1, -0.05) is 108 Å². The fourth-order valence-electron chi connectivity index (χ4n) is 5.95. The molecule has 0 spiro atoms. The van der Waals surface area contributed by atoms with Gasteiger partial charge in [0.25, 0.3) is 0 Å². The summed E-state index contributed by atoms with van der Waals surface area (Å²) in [5, 5.41) is 1.51. The molecule has 6 heteroatoms. The minimum atomic E-state index is -0.583. The molecule has 1 aliphatic heterocycles. The maximum Gasteiger partial charge on any atom is 0.364 e. The van der Waals surface area contributed by atoms with Crippen molar-refractivity contribution in [2.45, 2.75) is 124 Å². The van der Waals surface area contributed by atoms with E-state index in [1.165, 1.54) is 75.7 Å². The van der Waals surface area contributed by atoms with Gasteiger partial charge < -0.3 is 9.57 Å². The van der Waals surface area contributed by atoms with Gasteiger partial charge in [-0.2, -0.15) is 5.06 Å². The smallest absolute Gasteiger partial charge is 0.364 e. The Kier molecular flexibility index (Phi) is 14.7. The second-order valence-corrected chi connectivity index (χ2v) is 12.1. The van der Waals surface area contributed by atoms with Gasteiger partial charge in [0.2, 0.25) is 0 Å². The Bertz CT molecular complexity index is 1260. The molecule has 0 unspecified atom stereocenters. The second-order valence-electron chi connectivity index (χ2n) is 12.1. The van der Waals surface area contributed by atoms with Gasteiger partial charge in [-0.05, 0) is 74.4 Å². The Morgan fingerprint density at radius 2 is 1.30 bits per heavy atom. The van der Waals surface area contributed by atoms with Gasteiger partial charge in [0, 0.05) is 5.92 Å². The van der Waals surface area contributed by atoms with E-state index < -0.39 is 11.9 Å². The van der Waals surface area contributed by atoms with Crippen molar-refractivity contribution in [1.29, 1.82) is 0 Å². The van der Waals surface area contributed by atoms with Crippen molar-refractivity contribution in [3.05, 3.63) is 93.6 Å². The zero-order chi connectivity index (χ0) is 31.9. The number of esters is 1. The molecule has 0 bridgehead atoms. The Labute approximate surface area is 264 Å². The predicted octanol–water partition coefficient (Wildman–Crippen LogP) is 10.4. The Hall–Kier alpha value is -3.41. The molecule has 0 N–H and O–H groups in total. The molecule has 2 aromatic carbocycles. The largest absolute Gasteiger partial charge is 0.465 e. The highest BCUT2D eigenvalue weighted by Gasteiger charge is 2.28. The highest BCUT2D eigenvalue weighted by atomic mass is 19.1. The van der Waals surface area contributed by atoms with Gasteiger partial charge in [-0.25, -0.2) is 14.0 Å². The number of hydrogen-bond donors (Lipinski definition) is 0. The lowest BCUT2D eigenvalue weighted by Gasteiger charge is -2.30. The molecular weight excluding hydrogens is 553 g/mol. The van der Waals surface area contributed by atoms with Gasteiger partial charge in [-0.3, -0.25) is 0 Å². The van der Waals surface area contributed by atoms with Crippen LogP contribution in [0.2, 0.25) is 0 Å². The summed E-state index contributed by atoms with van der Waals surface area (Å²) in [5.74, 6) is -1.45. The highest BCUT2D eigenvalue weighted by Crippen LogP contribution is 2.32. The monoisotopic (exact) mass is 605 g/mol. The van der Waals surface area contributed by atoms with Crippen LogP contribution in [0.3, 0.4) is 0 Å². The number of ether oxygens (including phenoxy) is 1. The molecule has 0 fully saturated rings. The summed E-state index contributed by atoms with van der Waals surface area (Å²) in [6.45, 7) is 8.18. The van der Waals surface area contributed by atoms with E-state index in [0.29, 0.717) is 12.0 Å². The molecule has 0 aliphatic carbocycles. The molecule has 0 radical (unpaired) electrons. The van der Waals surface area contributed by atoms with Crippen molar-refractivity contribution in [1.82, 2.24) is 5.06 Å². The number of allylic oxidation sites excluding steroid dienone is 4. The van der Waals surface area contributed by atoms with E-state index in [-0.39, 0.29) is 17.3 Å². The van der Waals surface area contributed by atoms with Crippen LogP contribution in [0.5, 0.6) is 0 Å².